The Labute approximate surface area is 207 Å². The molecule has 8 nitrogen and oxygen atoms in total. The first-order chi connectivity index (χ1) is 17.0. The van der Waals surface area contributed by atoms with Crippen molar-refractivity contribution in [2.75, 3.05) is 25.2 Å². The number of sulfone groups is 1. The lowest BCUT2D eigenvalue weighted by Gasteiger charge is -2.21. The lowest BCUT2D eigenvalue weighted by Crippen LogP contribution is -2.26. The van der Waals surface area contributed by atoms with Gasteiger partial charge in [0.2, 0.25) is 6.79 Å². The fraction of sp³-hybridized carbons (Fsp3) is 0.615. The van der Waals surface area contributed by atoms with E-state index in [1.165, 1.54) is 11.1 Å². The number of rotatable bonds is 6. The number of nitrogens with zero attached hydrogens (tertiary/aromatic N) is 3. The maximum Gasteiger partial charge on any atom is 0.231 e. The summed E-state index contributed by atoms with van der Waals surface area (Å²) in [5, 5.41) is 11.7. The van der Waals surface area contributed by atoms with Gasteiger partial charge in [-0.25, -0.2) is 8.42 Å². The van der Waals surface area contributed by atoms with Gasteiger partial charge in [0.1, 0.15) is 5.82 Å². The number of aromatic nitrogens is 2. The molecule has 3 heterocycles. The molecular weight excluding hydrogens is 464 g/mol. The van der Waals surface area contributed by atoms with Crippen molar-refractivity contribution in [1.82, 2.24) is 15.1 Å². The van der Waals surface area contributed by atoms with E-state index < -0.39 is 9.84 Å². The highest BCUT2D eigenvalue weighted by molar-refractivity contribution is 7.92. The molecule has 2 aliphatic heterocycles. The van der Waals surface area contributed by atoms with E-state index in [0.29, 0.717) is 30.5 Å². The molecule has 3 atom stereocenters. The van der Waals surface area contributed by atoms with Gasteiger partial charge in [0.25, 0.3) is 0 Å². The molecule has 0 spiro atoms. The Morgan fingerprint density at radius 1 is 1.00 bits per heavy atom. The maximum atomic E-state index is 12.9. The zero-order valence-electron chi connectivity index (χ0n) is 20.3. The molecule has 0 bridgehead atoms. The SMILES string of the molecule is Cc1cc2c(cc1CN1C[C@H]3C[C@@H](Nc4ccc(S(=O)(=O)C5CCCCC5)nn4)C[C@H]3C1)OCO2. The van der Waals surface area contributed by atoms with Gasteiger partial charge in [-0.2, -0.15) is 0 Å². The number of aryl methyl sites for hydroxylation is 1. The molecular formula is C26H34N4O4S. The van der Waals surface area contributed by atoms with Gasteiger partial charge in [0.15, 0.2) is 26.4 Å². The third-order valence-corrected chi connectivity index (χ3v) is 10.5. The van der Waals surface area contributed by atoms with Gasteiger partial charge < -0.3 is 14.8 Å². The molecule has 0 amide bonds. The fourth-order valence-corrected chi connectivity index (χ4v) is 8.15. The predicted octanol–water partition coefficient (Wildman–Crippen LogP) is 3.94. The molecule has 188 valence electrons. The monoisotopic (exact) mass is 498 g/mol. The Hall–Kier alpha value is -2.39. The van der Waals surface area contributed by atoms with E-state index in [1.54, 1.807) is 12.1 Å². The molecule has 9 heteroatoms. The van der Waals surface area contributed by atoms with E-state index in [9.17, 15) is 8.42 Å². The second-order valence-corrected chi connectivity index (χ2v) is 12.9. The van der Waals surface area contributed by atoms with E-state index in [-0.39, 0.29) is 10.3 Å². The van der Waals surface area contributed by atoms with Crippen molar-refractivity contribution in [3.63, 3.8) is 0 Å². The lowest BCUT2D eigenvalue weighted by molar-refractivity contribution is 0.174. The summed E-state index contributed by atoms with van der Waals surface area (Å²) in [5.41, 5.74) is 2.56. The Kier molecular flexibility index (Phi) is 6.08. The molecule has 2 aromatic rings. The topological polar surface area (TPSA) is 93.7 Å². The normalized spacial score (nSPS) is 26.7. The molecule has 3 fully saturated rings. The van der Waals surface area contributed by atoms with Crippen LogP contribution in [0.3, 0.4) is 0 Å². The van der Waals surface area contributed by atoms with Crippen molar-refractivity contribution < 1.29 is 17.9 Å². The van der Waals surface area contributed by atoms with E-state index in [2.05, 4.69) is 39.5 Å². The average Bonchev–Trinajstić information content (AvgIpc) is 3.55. The molecule has 6 rings (SSSR count). The molecule has 1 N–H and O–H groups in total. The minimum Gasteiger partial charge on any atom is -0.454 e. The largest absolute Gasteiger partial charge is 0.454 e. The van der Waals surface area contributed by atoms with Crippen molar-refractivity contribution in [3.8, 4) is 11.5 Å². The molecule has 0 radical (unpaired) electrons. The highest BCUT2D eigenvalue weighted by atomic mass is 32.2. The number of fused-ring (bicyclic) bond motifs is 2. The number of nitrogens with one attached hydrogen (secondary N) is 1. The van der Waals surface area contributed by atoms with Crippen LogP contribution in [0.2, 0.25) is 0 Å². The first-order valence-corrected chi connectivity index (χ1v) is 14.5. The van der Waals surface area contributed by atoms with Crippen LogP contribution in [0, 0.1) is 18.8 Å². The second-order valence-electron chi connectivity index (χ2n) is 10.7. The summed E-state index contributed by atoms with van der Waals surface area (Å²) in [5.74, 6) is 3.71. The van der Waals surface area contributed by atoms with Gasteiger partial charge in [-0.15, -0.1) is 10.2 Å². The zero-order valence-corrected chi connectivity index (χ0v) is 21.1. The number of anilines is 1. The summed E-state index contributed by atoms with van der Waals surface area (Å²) in [7, 11) is -3.38. The van der Waals surface area contributed by atoms with Crippen LogP contribution in [0.4, 0.5) is 5.82 Å². The molecule has 2 aliphatic carbocycles. The Morgan fingerprint density at radius 2 is 1.71 bits per heavy atom. The predicted molar refractivity (Wildman–Crippen MR) is 132 cm³/mol. The highest BCUT2D eigenvalue weighted by Gasteiger charge is 2.41. The van der Waals surface area contributed by atoms with Gasteiger partial charge in [-0.3, -0.25) is 4.90 Å². The standard InChI is InChI=1S/C26H34N4O4S/c1-17-9-23-24(34-16-33-23)12-18(17)13-30-14-19-10-21(11-20(19)15-30)27-25-7-8-26(29-28-25)35(31,32)22-5-3-2-4-6-22/h7-9,12,19-22H,2-6,10-11,13-16H2,1H3,(H,27,28)/t19-,20+,21-. The van der Waals surface area contributed by atoms with E-state index >= 15 is 0 Å². The average molecular weight is 499 g/mol. The quantitative estimate of drug-likeness (QED) is 0.640. The van der Waals surface area contributed by atoms with Crippen LogP contribution < -0.4 is 14.8 Å². The number of ether oxygens (including phenoxy) is 2. The van der Waals surface area contributed by atoms with E-state index in [1.807, 2.05) is 0 Å². The summed E-state index contributed by atoms with van der Waals surface area (Å²) in [6.45, 7) is 5.59. The summed E-state index contributed by atoms with van der Waals surface area (Å²) in [6.07, 6.45) is 6.76. The molecule has 4 aliphatic rings. The fourth-order valence-electron chi connectivity index (χ4n) is 6.45. The Bertz CT molecular complexity index is 1170. The number of hydrogen-bond acceptors (Lipinski definition) is 8. The molecule has 35 heavy (non-hydrogen) atoms. The van der Waals surface area contributed by atoms with Crippen molar-refractivity contribution in [1.29, 1.82) is 0 Å². The van der Waals surface area contributed by atoms with Crippen molar-refractivity contribution in [2.24, 2.45) is 11.8 Å². The first kappa shape index (κ1) is 23.0. The summed E-state index contributed by atoms with van der Waals surface area (Å²) in [4.78, 5) is 2.56. The maximum absolute atomic E-state index is 12.9. The second kappa shape index (κ2) is 9.24. The molecule has 1 saturated heterocycles. The Balaban J connectivity index is 1.03. The molecule has 1 aromatic carbocycles. The van der Waals surface area contributed by atoms with Gasteiger partial charge in [0.05, 0.1) is 5.25 Å². The van der Waals surface area contributed by atoms with Gasteiger partial charge in [-0.1, -0.05) is 19.3 Å². The first-order valence-electron chi connectivity index (χ1n) is 12.9. The lowest BCUT2D eigenvalue weighted by atomic mass is 10.0. The van der Waals surface area contributed by atoms with Crippen molar-refractivity contribution in [2.45, 2.75) is 74.7 Å². The van der Waals surface area contributed by atoms with Crippen LogP contribution in [0.25, 0.3) is 0 Å². The van der Waals surface area contributed by atoms with Crippen LogP contribution in [0.1, 0.15) is 56.1 Å². The van der Waals surface area contributed by atoms with Crippen molar-refractivity contribution >= 4 is 15.7 Å². The highest BCUT2D eigenvalue weighted by Crippen LogP contribution is 2.41. The number of benzene rings is 1. The summed E-state index contributed by atoms with van der Waals surface area (Å²) < 4.78 is 36.8. The van der Waals surface area contributed by atoms with Crippen LogP contribution in [-0.2, 0) is 16.4 Å². The molecule has 2 saturated carbocycles. The Morgan fingerprint density at radius 3 is 2.40 bits per heavy atom. The van der Waals surface area contributed by atoms with Crippen LogP contribution >= 0.6 is 0 Å². The number of hydrogen-bond donors (Lipinski definition) is 1. The molecule has 1 aromatic heterocycles. The van der Waals surface area contributed by atoms with Crippen LogP contribution in [0.15, 0.2) is 29.3 Å². The summed E-state index contributed by atoms with van der Waals surface area (Å²) >= 11 is 0. The minimum atomic E-state index is -3.38. The van der Waals surface area contributed by atoms with Crippen LogP contribution in [-0.4, -0.2) is 54.7 Å². The third-order valence-electron chi connectivity index (χ3n) is 8.33. The molecule has 0 unspecified atom stereocenters. The minimum absolute atomic E-state index is 0.118. The summed E-state index contributed by atoms with van der Waals surface area (Å²) in [6, 6.07) is 7.99. The van der Waals surface area contributed by atoms with Crippen molar-refractivity contribution in [3.05, 3.63) is 35.4 Å². The van der Waals surface area contributed by atoms with Gasteiger partial charge in [-0.05, 0) is 79.8 Å². The third kappa shape index (κ3) is 4.60. The van der Waals surface area contributed by atoms with E-state index in [4.69, 9.17) is 9.47 Å². The zero-order chi connectivity index (χ0) is 24.0. The smallest absolute Gasteiger partial charge is 0.231 e. The van der Waals surface area contributed by atoms with Gasteiger partial charge in [0, 0.05) is 25.7 Å². The number of likely N-dealkylation sites (tertiary alicyclic amines) is 1. The van der Waals surface area contributed by atoms with E-state index in [0.717, 1.165) is 76.1 Å². The van der Waals surface area contributed by atoms with Gasteiger partial charge >= 0.3 is 0 Å². The van der Waals surface area contributed by atoms with Crippen LogP contribution in [0.5, 0.6) is 11.5 Å².